The summed E-state index contributed by atoms with van der Waals surface area (Å²) in [5.41, 5.74) is 3.98. The van der Waals surface area contributed by atoms with E-state index in [0.29, 0.717) is 39.9 Å². The summed E-state index contributed by atoms with van der Waals surface area (Å²) in [4.78, 5) is 17.1. The average Bonchev–Trinajstić information content (AvgIpc) is 3.32. The molecule has 0 radical (unpaired) electrons. The number of hydrogen-bond donors (Lipinski definition) is 1. The number of carbonyl (C=O) groups excluding carboxylic acids is 1. The fourth-order valence-corrected chi connectivity index (χ4v) is 3.51. The number of aromatic nitrogens is 5. The molecule has 9 heteroatoms. The highest BCUT2D eigenvalue weighted by Gasteiger charge is 2.15. The van der Waals surface area contributed by atoms with Gasteiger partial charge in [0.05, 0.1) is 25.5 Å². The van der Waals surface area contributed by atoms with Crippen LogP contribution in [-0.4, -0.2) is 44.9 Å². The highest BCUT2D eigenvalue weighted by molar-refractivity contribution is 6.06. The first-order chi connectivity index (χ1) is 16.7. The van der Waals surface area contributed by atoms with E-state index in [1.807, 2.05) is 54.6 Å². The lowest BCUT2D eigenvalue weighted by atomic mass is 10.1. The van der Waals surface area contributed by atoms with Crippen LogP contribution in [-0.2, 0) is 0 Å². The lowest BCUT2D eigenvalue weighted by Crippen LogP contribution is -2.13. The molecule has 34 heavy (non-hydrogen) atoms. The zero-order valence-electron chi connectivity index (χ0n) is 18.5. The Labute approximate surface area is 195 Å². The van der Waals surface area contributed by atoms with E-state index in [9.17, 15) is 4.79 Å². The highest BCUT2D eigenvalue weighted by Crippen LogP contribution is 2.26. The van der Waals surface area contributed by atoms with Gasteiger partial charge in [-0.05, 0) is 48.5 Å². The number of amides is 1. The molecule has 0 spiro atoms. The van der Waals surface area contributed by atoms with Crippen LogP contribution in [0.2, 0.25) is 0 Å². The van der Waals surface area contributed by atoms with Crippen molar-refractivity contribution in [1.29, 1.82) is 0 Å². The van der Waals surface area contributed by atoms with Crippen LogP contribution < -0.4 is 14.8 Å². The van der Waals surface area contributed by atoms with Crippen molar-refractivity contribution in [1.82, 2.24) is 24.8 Å². The smallest absolute Gasteiger partial charge is 0.259 e. The molecule has 0 saturated heterocycles. The van der Waals surface area contributed by atoms with E-state index >= 15 is 0 Å². The Morgan fingerprint density at radius 2 is 1.74 bits per heavy atom. The number of nitrogens with one attached hydrogen (secondary N) is 1. The minimum absolute atomic E-state index is 0.281. The van der Waals surface area contributed by atoms with Crippen LogP contribution in [0.3, 0.4) is 0 Å². The van der Waals surface area contributed by atoms with Crippen LogP contribution in [0.15, 0.2) is 79.0 Å². The fourth-order valence-electron chi connectivity index (χ4n) is 3.51. The second-order valence-corrected chi connectivity index (χ2v) is 7.32. The molecule has 0 aliphatic carbocycles. The SMILES string of the molecule is COc1ccc(C(=O)Nc2ccc(-c3ccc4nnc(-c5ccccn5)n4n3)cc2)c(OC)c1. The van der Waals surface area contributed by atoms with Gasteiger partial charge in [0.2, 0.25) is 5.82 Å². The van der Waals surface area contributed by atoms with Gasteiger partial charge in [0, 0.05) is 23.5 Å². The molecule has 0 fully saturated rings. The predicted octanol–water partition coefficient (Wildman–Crippen LogP) is 4.12. The molecule has 0 unspecified atom stereocenters. The Hall–Kier alpha value is -4.79. The topological polar surface area (TPSA) is 104 Å². The Morgan fingerprint density at radius 3 is 2.47 bits per heavy atom. The van der Waals surface area contributed by atoms with Gasteiger partial charge in [0.25, 0.3) is 5.91 Å². The molecule has 3 aromatic heterocycles. The van der Waals surface area contributed by atoms with E-state index in [-0.39, 0.29) is 5.91 Å². The number of fused-ring (bicyclic) bond motifs is 1. The van der Waals surface area contributed by atoms with E-state index in [1.165, 1.54) is 7.11 Å². The zero-order valence-corrected chi connectivity index (χ0v) is 18.5. The fraction of sp³-hybridized carbons (Fsp3) is 0.0800. The Bertz CT molecular complexity index is 1470. The molecule has 1 N–H and O–H groups in total. The predicted molar refractivity (Wildman–Crippen MR) is 127 cm³/mol. The summed E-state index contributed by atoms with van der Waals surface area (Å²) >= 11 is 0. The summed E-state index contributed by atoms with van der Waals surface area (Å²) in [6.45, 7) is 0. The number of benzene rings is 2. The maximum absolute atomic E-state index is 12.8. The minimum Gasteiger partial charge on any atom is -0.497 e. The van der Waals surface area contributed by atoms with Gasteiger partial charge in [0.15, 0.2) is 5.65 Å². The third-order valence-corrected chi connectivity index (χ3v) is 5.25. The number of methoxy groups -OCH3 is 2. The van der Waals surface area contributed by atoms with Crippen LogP contribution in [0, 0.1) is 0 Å². The number of anilines is 1. The minimum atomic E-state index is -0.281. The van der Waals surface area contributed by atoms with Crippen molar-refractivity contribution in [3.63, 3.8) is 0 Å². The molecule has 5 rings (SSSR count). The van der Waals surface area contributed by atoms with Gasteiger partial charge in [-0.3, -0.25) is 9.78 Å². The third-order valence-electron chi connectivity index (χ3n) is 5.25. The molecule has 168 valence electrons. The third kappa shape index (κ3) is 4.02. The van der Waals surface area contributed by atoms with Gasteiger partial charge >= 0.3 is 0 Å². The standard InChI is InChI=1S/C25H20N6O3/c1-33-18-10-11-19(22(15-18)34-2)25(32)27-17-8-6-16(7-9-17)20-12-13-23-28-29-24(31(23)30-20)21-5-3-4-14-26-21/h3-15H,1-2H3,(H,27,32). The van der Waals surface area contributed by atoms with Gasteiger partial charge < -0.3 is 14.8 Å². The molecule has 0 saturated carbocycles. The molecule has 9 nitrogen and oxygen atoms in total. The molecule has 1 amide bonds. The number of rotatable bonds is 6. The quantitative estimate of drug-likeness (QED) is 0.413. The number of ether oxygens (including phenoxy) is 2. The molecule has 0 aliphatic rings. The van der Waals surface area contributed by atoms with Gasteiger partial charge in [-0.25, -0.2) is 0 Å². The summed E-state index contributed by atoms with van der Waals surface area (Å²) in [6.07, 6.45) is 1.70. The van der Waals surface area contributed by atoms with Gasteiger partial charge in [-0.2, -0.15) is 9.61 Å². The summed E-state index contributed by atoms with van der Waals surface area (Å²) in [5.74, 6) is 1.33. The lowest BCUT2D eigenvalue weighted by Gasteiger charge is -2.11. The van der Waals surface area contributed by atoms with E-state index in [4.69, 9.17) is 14.6 Å². The normalized spacial score (nSPS) is 10.8. The van der Waals surface area contributed by atoms with Gasteiger partial charge in [-0.15, -0.1) is 10.2 Å². The molecular formula is C25H20N6O3. The van der Waals surface area contributed by atoms with E-state index in [0.717, 1.165) is 11.3 Å². The monoisotopic (exact) mass is 452 g/mol. The first-order valence-electron chi connectivity index (χ1n) is 10.4. The lowest BCUT2D eigenvalue weighted by molar-refractivity contribution is 0.102. The van der Waals surface area contributed by atoms with E-state index < -0.39 is 0 Å². The Balaban J connectivity index is 1.39. The number of nitrogens with zero attached hydrogens (tertiary/aromatic N) is 5. The molecule has 3 heterocycles. The van der Waals surface area contributed by atoms with Crippen LogP contribution in [0.1, 0.15) is 10.4 Å². The van der Waals surface area contributed by atoms with Crippen LogP contribution in [0.5, 0.6) is 11.5 Å². The van der Waals surface area contributed by atoms with E-state index in [1.54, 1.807) is 36.0 Å². The summed E-state index contributed by atoms with van der Waals surface area (Å²) < 4.78 is 12.2. The van der Waals surface area contributed by atoms with Gasteiger partial charge in [-0.1, -0.05) is 18.2 Å². The molecule has 5 aromatic rings. The maximum atomic E-state index is 12.8. The summed E-state index contributed by atoms with van der Waals surface area (Å²) in [6, 6.07) is 21.8. The molecule has 2 aromatic carbocycles. The van der Waals surface area contributed by atoms with Crippen molar-refractivity contribution in [3.05, 3.63) is 84.6 Å². The molecule has 0 bridgehead atoms. The van der Waals surface area contributed by atoms with Crippen molar-refractivity contribution < 1.29 is 14.3 Å². The van der Waals surface area contributed by atoms with Crippen molar-refractivity contribution in [2.45, 2.75) is 0 Å². The van der Waals surface area contributed by atoms with Crippen LogP contribution >= 0.6 is 0 Å². The molecule has 0 aliphatic heterocycles. The van der Waals surface area contributed by atoms with Gasteiger partial charge in [0.1, 0.15) is 17.2 Å². The maximum Gasteiger partial charge on any atom is 0.259 e. The van der Waals surface area contributed by atoms with Crippen molar-refractivity contribution >= 4 is 17.2 Å². The first kappa shape index (κ1) is 21.1. The Morgan fingerprint density at radius 1 is 0.882 bits per heavy atom. The first-order valence-corrected chi connectivity index (χ1v) is 10.4. The Kier molecular flexibility index (Phi) is 5.57. The largest absolute Gasteiger partial charge is 0.497 e. The molecular weight excluding hydrogens is 432 g/mol. The number of hydrogen-bond acceptors (Lipinski definition) is 7. The van der Waals surface area contributed by atoms with E-state index in [2.05, 4.69) is 20.5 Å². The number of carbonyl (C=O) groups is 1. The van der Waals surface area contributed by atoms with Crippen molar-refractivity contribution in [2.24, 2.45) is 0 Å². The second-order valence-electron chi connectivity index (χ2n) is 7.32. The van der Waals surface area contributed by atoms with Crippen LogP contribution in [0.25, 0.3) is 28.4 Å². The van der Waals surface area contributed by atoms with Crippen molar-refractivity contribution in [3.8, 4) is 34.3 Å². The average molecular weight is 452 g/mol. The van der Waals surface area contributed by atoms with Crippen molar-refractivity contribution in [2.75, 3.05) is 19.5 Å². The summed E-state index contributed by atoms with van der Waals surface area (Å²) in [5, 5.41) is 16.0. The highest BCUT2D eigenvalue weighted by atomic mass is 16.5. The summed E-state index contributed by atoms with van der Waals surface area (Å²) in [7, 11) is 3.07. The number of pyridine rings is 1. The second kappa shape index (κ2) is 8.99. The molecule has 0 atom stereocenters. The zero-order chi connectivity index (χ0) is 23.5. The van der Waals surface area contributed by atoms with Crippen LogP contribution in [0.4, 0.5) is 5.69 Å².